The highest BCUT2D eigenvalue weighted by atomic mass is 79.9. The molecular weight excluding hydrogens is 330 g/mol. The van der Waals surface area contributed by atoms with E-state index in [0.29, 0.717) is 12.6 Å². The van der Waals surface area contributed by atoms with Crippen molar-refractivity contribution >= 4 is 27.5 Å². The van der Waals surface area contributed by atoms with Gasteiger partial charge in [-0.15, -0.1) is 0 Å². The monoisotopic (exact) mass is 347 g/mol. The van der Waals surface area contributed by atoms with E-state index in [0.717, 1.165) is 22.4 Å². The number of halogens is 1. The molecule has 0 bridgehead atoms. The van der Waals surface area contributed by atoms with Gasteiger partial charge in [-0.3, -0.25) is 4.79 Å². The van der Waals surface area contributed by atoms with Gasteiger partial charge < -0.3 is 15.2 Å². The molecule has 1 aromatic carbocycles. The Bertz CT molecular complexity index is 634. The average molecular weight is 348 g/mol. The lowest BCUT2D eigenvalue weighted by Crippen LogP contribution is -2.22. The summed E-state index contributed by atoms with van der Waals surface area (Å²) in [6, 6.07) is 12.3. The Balaban J connectivity index is 1.59. The van der Waals surface area contributed by atoms with Crippen molar-refractivity contribution in [2.45, 2.75) is 32.0 Å². The number of anilines is 1. The number of carbonyl (C=O) groups excluding carboxylic acids is 1. The van der Waals surface area contributed by atoms with Gasteiger partial charge in [0, 0.05) is 29.0 Å². The fourth-order valence-electron chi connectivity index (χ4n) is 2.21. The van der Waals surface area contributed by atoms with E-state index in [4.69, 9.17) is 0 Å². The summed E-state index contributed by atoms with van der Waals surface area (Å²) >= 11 is 3.43. The van der Waals surface area contributed by atoms with Crippen molar-refractivity contribution in [1.82, 2.24) is 9.88 Å². The summed E-state index contributed by atoms with van der Waals surface area (Å²) in [6.07, 6.45) is 4.48. The van der Waals surface area contributed by atoms with Crippen molar-refractivity contribution in [3.05, 3.63) is 52.8 Å². The van der Waals surface area contributed by atoms with Crippen LogP contribution in [0.15, 0.2) is 47.1 Å². The van der Waals surface area contributed by atoms with E-state index >= 15 is 0 Å². The van der Waals surface area contributed by atoms with Gasteiger partial charge in [0.2, 0.25) is 5.91 Å². The Labute approximate surface area is 132 Å². The van der Waals surface area contributed by atoms with Crippen LogP contribution < -0.4 is 10.6 Å². The van der Waals surface area contributed by atoms with Crippen LogP contribution >= 0.6 is 15.9 Å². The first-order valence-electron chi connectivity index (χ1n) is 7.14. The molecule has 1 heterocycles. The minimum absolute atomic E-state index is 0.0224. The van der Waals surface area contributed by atoms with Crippen molar-refractivity contribution in [2.75, 3.05) is 5.32 Å². The van der Waals surface area contributed by atoms with E-state index in [9.17, 15) is 4.79 Å². The van der Waals surface area contributed by atoms with E-state index in [1.54, 1.807) is 0 Å². The minimum Gasteiger partial charge on any atom is -0.341 e. The Hall–Kier alpha value is -1.59. The fraction of sp³-hybridized carbons (Fsp3) is 0.312. The van der Waals surface area contributed by atoms with Crippen LogP contribution in [-0.2, 0) is 17.9 Å². The van der Waals surface area contributed by atoms with Gasteiger partial charge in [-0.05, 0) is 53.0 Å². The number of rotatable bonds is 6. The van der Waals surface area contributed by atoms with E-state index in [-0.39, 0.29) is 5.91 Å². The quantitative estimate of drug-likeness (QED) is 0.843. The number of nitrogens with zero attached hydrogens (tertiary/aromatic N) is 1. The van der Waals surface area contributed by atoms with Crippen LogP contribution in [0.4, 0.5) is 5.69 Å². The zero-order chi connectivity index (χ0) is 14.7. The highest BCUT2D eigenvalue weighted by Gasteiger charge is 2.20. The maximum absolute atomic E-state index is 12.2. The average Bonchev–Trinajstić information content (AvgIpc) is 3.20. The lowest BCUT2D eigenvalue weighted by Gasteiger charge is -2.11. The van der Waals surface area contributed by atoms with Crippen molar-refractivity contribution < 1.29 is 4.79 Å². The van der Waals surface area contributed by atoms with Gasteiger partial charge in [0.15, 0.2) is 0 Å². The second kappa shape index (κ2) is 6.45. The zero-order valence-electron chi connectivity index (χ0n) is 11.7. The number of carbonyl (C=O) groups is 1. The summed E-state index contributed by atoms with van der Waals surface area (Å²) in [7, 11) is 0. The number of aromatic nitrogens is 1. The molecule has 0 atom stereocenters. The molecule has 1 amide bonds. The van der Waals surface area contributed by atoms with E-state index in [1.807, 2.05) is 41.1 Å². The van der Waals surface area contributed by atoms with E-state index in [1.165, 1.54) is 12.8 Å². The van der Waals surface area contributed by atoms with Crippen molar-refractivity contribution in [3.8, 4) is 0 Å². The van der Waals surface area contributed by atoms with Crippen LogP contribution in [0, 0.1) is 0 Å². The molecule has 5 heteroatoms. The van der Waals surface area contributed by atoms with Gasteiger partial charge in [-0.25, -0.2) is 0 Å². The predicted octanol–water partition coefficient (Wildman–Crippen LogP) is 3.14. The van der Waals surface area contributed by atoms with Gasteiger partial charge in [0.05, 0.1) is 5.69 Å². The van der Waals surface area contributed by atoms with Gasteiger partial charge >= 0.3 is 0 Å². The van der Waals surface area contributed by atoms with Gasteiger partial charge in [0.1, 0.15) is 6.54 Å². The highest BCUT2D eigenvalue weighted by Crippen LogP contribution is 2.21. The first kappa shape index (κ1) is 14.4. The standard InChI is InChI=1S/C16H18BrN3O/c17-14-5-1-2-6-15(14)19-16(21)11-20-9-3-4-13(20)10-18-12-7-8-12/h1-6,9,12,18H,7-8,10-11H2,(H,19,21). The molecule has 0 aliphatic heterocycles. The smallest absolute Gasteiger partial charge is 0.244 e. The molecule has 1 aliphatic rings. The molecule has 2 aromatic rings. The number of amides is 1. The molecule has 1 aromatic heterocycles. The number of para-hydroxylation sites is 1. The van der Waals surface area contributed by atoms with Gasteiger partial charge in [-0.1, -0.05) is 12.1 Å². The molecule has 110 valence electrons. The van der Waals surface area contributed by atoms with Crippen LogP contribution in [0.2, 0.25) is 0 Å². The molecule has 0 saturated heterocycles. The minimum atomic E-state index is -0.0224. The molecule has 1 saturated carbocycles. The molecule has 4 nitrogen and oxygen atoms in total. The molecule has 0 spiro atoms. The van der Waals surface area contributed by atoms with Crippen LogP contribution in [0.5, 0.6) is 0 Å². The third-order valence-electron chi connectivity index (χ3n) is 3.53. The second-order valence-corrected chi connectivity index (χ2v) is 6.16. The Kier molecular flexibility index (Phi) is 4.41. The number of hydrogen-bond donors (Lipinski definition) is 2. The first-order chi connectivity index (χ1) is 10.2. The van der Waals surface area contributed by atoms with Crippen molar-refractivity contribution in [1.29, 1.82) is 0 Å². The number of benzene rings is 1. The first-order valence-corrected chi connectivity index (χ1v) is 7.93. The summed E-state index contributed by atoms with van der Waals surface area (Å²) in [5.41, 5.74) is 1.94. The Morgan fingerprint density at radius 2 is 2.05 bits per heavy atom. The van der Waals surface area contributed by atoms with Gasteiger partial charge in [0.25, 0.3) is 0 Å². The molecule has 0 unspecified atom stereocenters. The molecule has 1 fully saturated rings. The molecule has 21 heavy (non-hydrogen) atoms. The predicted molar refractivity (Wildman–Crippen MR) is 87.1 cm³/mol. The third kappa shape index (κ3) is 3.95. The van der Waals surface area contributed by atoms with Crippen molar-refractivity contribution in [3.63, 3.8) is 0 Å². The maximum Gasteiger partial charge on any atom is 0.244 e. The fourth-order valence-corrected chi connectivity index (χ4v) is 2.59. The summed E-state index contributed by atoms with van der Waals surface area (Å²) in [4.78, 5) is 12.2. The highest BCUT2D eigenvalue weighted by molar-refractivity contribution is 9.10. The Morgan fingerprint density at radius 3 is 2.81 bits per heavy atom. The van der Waals surface area contributed by atoms with Crippen LogP contribution in [-0.4, -0.2) is 16.5 Å². The van der Waals surface area contributed by atoms with E-state index in [2.05, 4.69) is 32.6 Å². The van der Waals surface area contributed by atoms with E-state index < -0.39 is 0 Å². The molecular formula is C16H18BrN3O. The SMILES string of the molecule is O=C(Cn1cccc1CNC1CC1)Nc1ccccc1Br. The topological polar surface area (TPSA) is 46.1 Å². The third-order valence-corrected chi connectivity index (χ3v) is 4.23. The summed E-state index contributed by atoms with van der Waals surface area (Å²) in [6.45, 7) is 1.15. The molecule has 1 aliphatic carbocycles. The van der Waals surface area contributed by atoms with Crippen LogP contribution in [0.1, 0.15) is 18.5 Å². The van der Waals surface area contributed by atoms with Crippen LogP contribution in [0.3, 0.4) is 0 Å². The summed E-state index contributed by atoms with van der Waals surface area (Å²) in [5.74, 6) is -0.0224. The molecule has 3 rings (SSSR count). The Morgan fingerprint density at radius 1 is 1.24 bits per heavy atom. The molecule has 2 N–H and O–H groups in total. The lowest BCUT2D eigenvalue weighted by molar-refractivity contribution is -0.116. The maximum atomic E-state index is 12.2. The van der Waals surface area contributed by atoms with Gasteiger partial charge in [-0.2, -0.15) is 0 Å². The number of hydrogen-bond acceptors (Lipinski definition) is 2. The molecule has 0 radical (unpaired) electrons. The summed E-state index contributed by atoms with van der Waals surface area (Å²) < 4.78 is 2.88. The lowest BCUT2D eigenvalue weighted by atomic mass is 10.3. The second-order valence-electron chi connectivity index (χ2n) is 5.31. The largest absolute Gasteiger partial charge is 0.341 e. The number of nitrogens with one attached hydrogen (secondary N) is 2. The van der Waals surface area contributed by atoms with Crippen molar-refractivity contribution in [2.24, 2.45) is 0 Å². The zero-order valence-corrected chi connectivity index (χ0v) is 13.3. The van der Waals surface area contributed by atoms with Crippen LogP contribution in [0.25, 0.3) is 0 Å². The normalized spacial score (nSPS) is 14.1. The summed E-state index contributed by atoms with van der Waals surface area (Å²) in [5, 5.41) is 6.40.